The molecule has 3 nitrogen and oxygen atoms in total. The van der Waals surface area contributed by atoms with Gasteiger partial charge in [0, 0.05) is 12.0 Å². The van der Waals surface area contributed by atoms with Gasteiger partial charge < -0.3 is 8.83 Å². The van der Waals surface area contributed by atoms with Gasteiger partial charge in [0.25, 0.3) is 0 Å². The van der Waals surface area contributed by atoms with Gasteiger partial charge in [-0.15, -0.1) is 0 Å². The quantitative estimate of drug-likeness (QED) is 0.677. The number of rotatable bonds is 5. The molecule has 0 aliphatic carbocycles. The molecule has 0 aliphatic heterocycles. The van der Waals surface area contributed by atoms with Crippen molar-refractivity contribution in [1.29, 1.82) is 0 Å². The van der Waals surface area contributed by atoms with E-state index in [-0.39, 0.29) is 0 Å². The zero-order chi connectivity index (χ0) is 14.7. The van der Waals surface area contributed by atoms with Crippen molar-refractivity contribution in [2.45, 2.75) is 19.8 Å². The van der Waals surface area contributed by atoms with Crippen molar-refractivity contribution in [3.05, 3.63) is 72.0 Å². The van der Waals surface area contributed by atoms with Crippen LogP contribution in [-0.4, -0.2) is 4.98 Å². The van der Waals surface area contributed by atoms with E-state index in [9.17, 15) is 0 Å². The molecule has 3 rings (SSSR count). The van der Waals surface area contributed by atoms with Gasteiger partial charge in [-0.3, -0.25) is 0 Å². The Morgan fingerprint density at radius 3 is 2.57 bits per heavy atom. The van der Waals surface area contributed by atoms with Crippen molar-refractivity contribution in [2.24, 2.45) is 0 Å². The van der Waals surface area contributed by atoms with Gasteiger partial charge in [0.2, 0.25) is 5.89 Å². The largest absolute Gasteiger partial charge is 0.461 e. The molecule has 0 fully saturated rings. The molecule has 0 radical (unpaired) electrons. The number of aryl methyl sites for hydroxylation is 1. The van der Waals surface area contributed by atoms with E-state index in [4.69, 9.17) is 8.83 Å². The molecule has 0 amide bonds. The topological polar surface area (TPSA) is 39.2 Å². The average molecular weight is 279 g/mol. The number of benzene rings is 1. The monoisotopic (exact) mass is 279 g/mol. The fraction of sp³-hybridized carbons (Fsp3) is 0.167. The lowest BCUT2D eigenvalue weighted by Gasteiger charge is -1.95. The second kappa shape index (κ2) is 5.83. The molecule has 3 aromatic rings. The smallest absolute Gasteiger partial charge is 0.226 e. The van der Waals surface area contributed by atoms with Crippen molar-refractivity contribution in [2.75, 3.05) is 0 Å². The predicted octanol–water partition coefficient (Wildman–Crippen LogP) is 4.73. The zero-order valence-corrected chi connectivity index (χ0v) is 12.0. The van der Waals surface area contributed by atoms with Crippen molar-refractivity contribution in [1.82, 2.24) is 4.98 Å². The van der Waals surface area contributed by atoms with Crippen LogP contribution in [0.2, 0.25) is 0 Å². The molecule has 0 spiro atoms. The van der Waals surface area contributed by atoms with E-state index in [1.807, 2.05) is 42.5 Å². The summed E-state index contributed by atoms with van der Waals surface area (Å²) in [5, 5.41) is 0. The molecule has 0 N–H and O–H groups in total. The number of nitrogens with zero attached hydrogens (tertiary/aromatic N) is 1. The number of aromatic nitrogens is 1. The Morgan fingerprint density at radius 2 is 1.90 bits per heavy atom. The molecule has 0 saturated heterocycles. The van der Waals surface area contributed by atoms with Crippen LogP contribution in [-0.2, 0) is 12.8 Å². The second-order valence-electron chi connectivity index (χ2n) is 4.79. The highest BCUT2D eigenvalue weighted by Gasteiger charge is 2.15. The van der Waals surface area contributed by atoms with Gasteiger partial charge in [0.05, 0.1) is 12.1 Å². The third-order valence-electron chi connectivity index (χ3n) is 3.35. The minimum Gasteiger partial charge on any atom is -0.461 e. The van der Waals surface area contributed by atoms with Crippen LogP contribution < -0.4 is 0 Å². The third-order valence-corrected chi connectivity index (χ3v) is 3.35. The second-order valence-corrected chi connectivity index (χ2v) is 4.79. The molecule has 2 heterocycles. The maximum absolute atomic E-state index is 5.88. The fourth-order valence-electron chi connectivity index (χ4n) is 2.27. The van der Waals surface area contributed by atoms with E-state index in [1.54, 1.807) is 6.08 Å². The molecular weight excluding hydrogens is 262 g/mol. The lowest BCUT2D eigenvalue weighted by atomic mass is 10.2. The summed E-state index contributed by atoms with van der Waals surface area (Å²) < 4.78 is 11.5. The van der Waals surface area contributed by atoms with Gasteiger partial charge in [-0.05, 0) is 30.3 Å². The van der Waals surface area contributed by atoms with Crippen molar-refractivity contribution in [3.63, 3.8) is 0 Å². The standard InChI is InChI=1S/C18H17NO2/c1-3-14-10-11-15(20-14)12-16-17(4-2)21-18(19-16)13-8-6-5-7-9-13/h3,5-11H,1,4,12H2,2H3. The summed E-state index contributed by atoms with van der Waals surface area (Å²) in [7, 11) is 0. The molecule has 0 aliphatic rings. The van der Waals surface area contributed by atoms with Crippen molar-refractivity contribution in [3.8, 4) is 11.5 Å². The predicted molar refractivity (Wildman–Crippen MR) is 82.9 cm³/mol. The first-order valence-corrected chi connectivity index (χ1v) is 7.05. The molecule has 0 bridgehead atoms. The Bertz CT molecular complexity index is 738. The van der Waals surface area contributed by atoms with Gasteiger partial charge in [-0.1, -0.05) is 31.7 Å². The van der Waals surface area contributed by atoms with Gasteiger partial charge >= 0.3 is 0 Å². The van der Waals surface area contributed by atoms with Gasteiger partial charge in [-0.25, -0.2) is 4.98 Å². The van der Waals surface area contributed by atoms with E-state index in [0.717, 1.165) is 35.0 Å². The van der Waals surface area contributed by atoms with Crippen LogP contribution in [0.5, 0.6) is 0 Å². The molecule has 3 heteroatoms. The number of oxazole rings is 1. The Labute approximate surface area is 123 Å². The van der Waals surface area contributed by atoms with E-state index < -0.39 is 0 Å². The molecule has 1 aromatic carbocycles. The lowest BCUT2D eigenvalue weighted by Crippen LogP contribution is -1.91. The molecule has 21 heavy (non-hydrogen) atoms. The van der Waals surface area contributed by atoms with E-state index in [0.29, 0.717) is 12.3 Å². The van der Waals surface area contributed by atoms with Crippen LogP contribution in [0.3, 0.4) is 0 Å². The highest BCUT2D eigenvalue weighted by Crippen LogP contribution is 2.24. The van der Waals surface area contributed by atoms with Gasteiger partial charge in [0.1, 0.15) is 17.3 Å². The normalized spacial score (nSPS) is 10.7. The Morgan fingerprint density at radius 1 is 1.10 bits per heavy atom. The van der Waals surface area contributed by atoms with Crippen LogP contribution in [0.15, 0.2) is 57.9 Å². The van der Waals surface area contributed by atoms with E-state index in [1.165, 1.54) is 0 Å². The minimum absolute atomic E-state index is 0.632. The Balaban J connectivity index is 1.91. The molecule has 0 atom stereocenters. The van der Waals surface area contributed by atoms with Crippen molar-refractivity contribution >= 4 is 6.08 Å². The van der Waals surface area contributed by atoms with Crippen LogP contribution in [0.4, 0.5) is 0 Å². The minimum atomic E-state index is 0.632. The summed E-state index contributed by atoms with van der Waals surface area (Å²) in [6.07, 6.45) is 3.14. The maximum atomic E-state index is 5.88. The first-order chi connectivity index (χ1) is 10.3. The summed E-state index contributed by atoms with van der Waals surface area (Å²) in [5.41, 5.74) is 1.92. The van der Waals surface area contributed by atoms with Crippen LogP contribution in [0, 0.1) is 0 Å². The van der Waals surface area contributed by atoms with Crippen LogP contribution >= 0.6 is 0 Å². The Hall–Kier alpha value is -2.55. The number of furan rings is 1. The Kier molecular flexibility index (Phi) is 3.73. The molecular formula is C18H17NO2. The third kappa shape index (κ3) is 2.82. The summed E-state index contributed by atoms with van der Waals surface area (Å²) >= 11 is 0. The van der Waals surface area contributed by atoms with E-state index in [2.05, 4.69) is 18.5 Å². The van der Waals surface area contributed by atoms with Crippen LogP contribution in [0.1, 0.15) is 29.9 Å². The summed E-state index contributed by atoms with van der Waals surface area (Å²) in [5.74, 6) is 3.21. The lowest BCUT2D eigenvalue weighted by molar-refractivity contribution is 0.501. The molecule has 106 valence electrons. The fourth-order valence-corrected chi connectivity index (χ4v) is 2.27. The molecule has 0 unspecified atom stereocenters. The first kappa shape index (κ1) is 13.4. The van der Waals surface area contributed by atoms with E-state index >= 15 is 0 Å². The number of hydrogen-bond acceptors (Lipinski definition) is 3. The maximum Gasteiger partial charge on any atom is 0.226 e. The molecule has 0 saturated carbocycles. The first-order valence-electron chi connectivity index (χ1n) is 7.05. The SMILES string of the molecule is C=Cc1ccc(Cc2nc(-c3ccccc3)oc2CC)o1. The van der Waals surface area contributed by atoms with Crippen molar-refractivity contribution < 1.29 is 8.83 Å². The zero-order valence-electron chi connectivity index (χ0n) is 12.0. The average Bonchev–Trinajstić information content (AvgIpc) is 3.15. The summed E-state index contributed by atoms with van der Waals surface area (Å²) in [6.45, 7) is 5.77. The summed E-state index contributed by atoms with van der Waals surface area (Å²) in [6, 6.07) is 13.8. The van der Waals surface area contributed by atoms with Gasteiger partial charge in [0.15, 0.2) is 0 Å². The highest BCUT2D eigenvalue weighted by atomic mass is 16.4. The van der Waals surface area contributed by atoms with Crippen LogP contribution in [0.25, 0.3) is 17.5 Å². The van der Waals surface area contributed by atoms with Gasteiger partial charge in [-0.2, -0.15) is 0 Å². The number of hydrogen-bond donors (Lipinski definition) is 0. The highest BCUT2D eigenvalue weighted by molar-refractivity contribution is 5.53. The molecule has 2 aromatic heterocycles. The summed E-state index contributed by atoms with van der Waals surface area (Å²) in [4.78, 5) is 4.63.